The Bertz CT molecular complexity index is 424. The molecule has 1 N–H and O–H groups in total. The fraction of sp³-hybridized carbons (Fsp3) is 0.308. The van der Waals surface area contributed by atoms with Gasteiger partial charge in [0, 0.05) is 5.57 Å². The van der Waals surface area contributed by atoms with Gasteiger partial charge in [-0.25, -0.2) is 0 Å². The summed E-state index contributed by atoms with van der Waals surface area (Å²) < 4.78 is 0. The molecule has 1 aromatic rings. The zero-order chi connectivity index (χ0) is 12.1. The van der Waals surface area contributed by atoms with Crippen LogP contribution < -0.4 is 5.32 Å². The second-order valence-electron chi connectivity index (χ2n) is 3.73. The van der Waals surface area contributed by atoms with Crippen molar-refractivity contribution in [3.05, 3.63) is 40.4 Å². The Morgan fingerprint density at radius 2 is 2.19 bits per heavy atom. The Morgan fingerprint density at radius 1 is 1.50 bits per heavy atom. The van der Waals surface area contributed by atoms with Gasteiger partial charge in [0.05, 0.1) is 10.7 Å². The number of anilines is 1. The maximum absolute atomic E-state index is 11.7. The highest BCUT2D eigenvalue weighted by Gasteiger charge is 2.06. The normalized spacial score (nSPS) is 11.4. The molecule has 0 aromatic heterocycles. The van der Waals surface area contributed by atoms with E-state index in [0.29, 0.717) is 16.3 Å². The Kier molecular flexibility index (Phi) is 4.56. The van der Waals surface area contributed by atoms with E-state index in [2.05, 4.69) is 5.32 Å². The van der Waals surface area contributed by atoms with Crippen molar-refractivity contribution in [2.45, 2.75) is 27.2 Å². The van der Waals surface area contributed by atoms with Gasteiger partial charge in [-0.1, -0.05) is 30.7 Å². The molecular formula is C13H16ClNO. The van der Waals surface area contributed by atoms with Crippen molar-refractivity contribution in [2.24, 2.45) is 0 Å². The summed E-state index contributed by atoms with van der Waals surface area (Å²) in [5.74, 6) is -0.104. The van der Waals surface area contributed by atoms with E-state index in [1.165, 1.54) is 0 Å². The molecule has 0 fully saturated rings. The molecule has 86 valence electrons. The molecule has 0 unspecified atom stereocenters. The van der Waals surface area contributed by atoms with Crippen molar-refractivity contribution >= 4 is 23.2 Å². The number of carbonyl (C=O) groups is 1. The summed E-state index contributed by atoms with van der Waals surface area (Å²) in [6, 6.07) is 5.56. The Labute approximate surface area is 101 Å². The molecule has 0 aliphatic rings. The summed E-state index contributed by atoms with van der Waals surface area (Å²) in [6.07, 6.45) is 2.73. The zero-order valence-electron chi connectivity index (χ0n) is 9.80. The third kappa shape index (κ3) is 3.38. The molecule has 0 saturated carbocycles. The molecule has 0 saturated heterocycles. The SMILES string of the molecule is CC/C=C(/C)C(=O)Nc1ccc(C)cc1Cl. The number of halogens is 1. The number of amides is 1. The summed E-state index contributed by atoms with van der Waals surface area (Å²) in [7, 11) is 0. The van der Waals surface area contributed by atoms with Gasteiger partial charge in [-0.15, -0.1) is 0 Å². The van der Waals surface area contributed by atoms with Gasteiger partial charge < -0.3 is 5.32 Å². The first-order valence-corrected chi connectivity index (χ1v) is 5.66. The van der Waals surface area contributed by atoms with Gasteiger partial charge in [-0.3, -0.25) is 4.79 Å². The van der Waals surface area contributed by atoms with E-state index in [-0.39, 0.29) is 5.91 Å². The van der Waals surface area contributed by atoms with Crippen LogP contribution in [0.4, 0.5) is 5.69 Å². The monoisotopic (exact) mass is 237 g/mol. The van der Waals surface area contributed by atoms with Crippen LogP contribution in [0.5, 0.6) is 0 Å². The number of rotatable bonds is 3. The largest absolute Gasteiger partial charge is 0.321 e. The second kappa shape index (κ2) is 5.71. The molecule has 1 rings (SSSR count). The van der Waals surface area contributed by atoms with Gasteiger partial charge in [-0.05, 0) is 38.0 Å². The van der Waals surface area contributed by atoms with E-state index in [0.717, 1.165) is 12.0 Å². The van der Waals surface area contributed by atoms with E-state index in [1.807, 2.05) is 38.1 Å². The van der Waals surface area contributed by atoms with Crippen molar-refractivity contribution in [2.75, 3.05) is 5.32 Å². The lowest BCUT2D eigenvalue weighted by Gasteiger charge is -2.07. The summed E-state index contributed by atoms with van der Waals surface area (Å²) >= 11 is 6.02. The topological polar surface area (TPSA) is 29.1 Å². The van der Waals surface area contributed by atoms with Crippen molar-refractivity contribution in [3.8, 4) is 0 Å². The van der Waals surface area contributed by atoms with E-state index in [4.69, 9.17) is 11.6 Å². The van der Waals surface area contributed by atoms with Crippen LogP contribution in [0.3, 0.4) is 0 Å². The maximum Gasteiger partial charge on any atom is 0.251 e. The molecule has 3 heteroatoms. The highest BCUT2D eigenvalue weighted by atomic mass is 35.5. The number of aryl methyl sites for hydroxylation is 1. The average Bonchev–Trinajstić information content (AvgIpc) is 2.22. The van der Waals surface area contributed by atoms with Crippen LogP contribution in [0.15, 0.2) is 29.8 Å². The molecule has 0 heterocycles. The van der Waals surface area contributed by atoms with Crippen LogP contribution in [-0.2, 0) is 4.79 Å². The maximum atomic E-state index is 11.7. The lowest BCUT2D eigenvalue weighted by Crippen LogP contribution is -2.12. The fourth-order valence-corrected chi connectivity index (χ4v) is 1.62. The molecule has 0 atom stereocenters. The van der Waals surface area contributed by atoms with E-state index in [9.17, 15) is 4.79 Å². The number of hydrogen-bond acceptors (Lipinski definition) is 1. The Morgan fingerprint density at radius 3 is 2.75 bits per heavy atom. The number of hydrogen-bond donors (Lipinski definition) is 1. The molecule has 1 amide bonds. The van der Waals surface area contributed by atoms with Crippen molar-refractivity contribution in [1.29, 1.82) is 0 Å². The molecule has 0 aliphatic carbocycles. The van der Waals surface area contributed by atoms with Gasteiger partial charge in [0.2, 0.25) is 0 Å². The van der Waals surface area contributed by atoms with Crippen LogP contribution in [-0.4, -0.2) is 5.91 Å². The quantitative estimate of drug-likeness (QED) is 0.793. The molecule has 0 radical (unpaired) electrons. The van der Waals surface area contributed by atoms with Crippen LogP contribution in [0.25, 0.3) is 0 Å². The van der Waals surface area contributed by atoms with Crippen molar-refractivity contribution < 1.29 is 4.79 Å². The lowest BCUT2D eigenvalue weighted by atomic mass is 10.2. The molecule has 16 heavy (non-hydrogen) atoms. The molecule has 2 nitrogen and oxygen atoms in total. The van der Waals surface area contributed by atoms with Gasteiger partial charge in [0.15, 0.2) is 0 Å². The number of carbonyl (C=O) groups excluding carboxylic acids is 1. The van der Waals surface area contributed by atoms with Crippen LogP contribution >= 0.6 is 11.6 Å². The van der Waals surface area contributed by atoms with Crippen LogP contribution in [0.2, 0.25) is 5.02 Å². The van der Waals surface area contributed by atoms with E-state index < -0.39 is 0 Å². The third-order valence-corrected chi connectivity index (χ3v) is 2.55. The minimum Gasteiger partial charge on any atom is -0.321 e. The lowest BCUT2D eigenvalue weighted by molar-refractivity contribution is -0.112. The molecule has 1 aromatic carbocycles. The number of allylic oxidation sites excluding steroid dienone is 1. The second-order valence-corrected chi connectivity index (χ2v) is 4.14. The summed E-state index contributed by atoms with van der Waals surface area (Å²) in [5, 5.41) is 3.35. The highest BCUT2D eigenvalue weighted by molar-refractivity contribution is 6.34. The smallest absolute Gasteiger partial charge is 0.251 e. The summed E-state index contributed by atoms with van der Waals surface area (Å²) in [6.45, 7) is 5.75. The molecule has 0 bridgehead atoms. The zero-order valence-corrected chi connectivity index (χ0v) is 10.6. The molecule has 0 aliphatic heterocycles. The minimum atomic E-state index is -0.104. The Hall–Kier alpha value is -1.28. The fourth-order valence-electron chi connectivity index (χ4n) is 1.34. The first kappa shape index (κ1) is 12.8. The van der Waals surface area contributed by atoms with E-state index in [1.54, 1.807) is 6.92 Å². The summed E-state index contributed by atoms with van der Waals surface area (Å²) in [5.41, 5.74) is 2.43. The first-order valence-electron chi connectivity index (χ1n) is 5.29. The molecular weight excluding hydrogens is 222 g/mol. The number of nitrogens with one attached hydrogen (secondary N) is 1. The highest BCUT2D eigenvalue weighted by Crippen LogP contribution is 2.23. The first-order chi connectivity index (χ1) is 7.54. The average molecular weight is 238 g/mol. The standard InChI is InChI=1S/C13H16ClNO/c1-4-5-10(3)13(16)15-12-7-6-9(2)8-11(12)14/h5-8H,4H2,1-3H3,(H,15,16)/b10-5-. The van der Waals surface area contributed by atoms with Crippen molar-refractivity contribution in [3.63, 3.8) is 0 Å². The third-order valence-electron chi connectivity index (χ3n) is 2.24. The van der Waals surface area contributed by atoms with Gasteiger partial charge >= 0.3 is 0 Å². The Balaban J connectivity index is 2.81. The predicted molar refractivity (Wildman–Crippen MR) is 68.9 cm³/mol. The van der Waals surface area contributed by atoms with Crippen LogP contribution in [0, 0.1) is 6.92 Å². The number of benzene rings is 1. The van der Waals surface area contributed by atoms with Gasteiger partial charge in [-0.2, -0.15) is 0 Å². The van der Waals surface area contributed by atoms with Crippen molar-refractivity contribution in [1.82, 2.24) is 0 Å². The minimum absolute atomic E-state index is 0.104. The van der Waals surface area contributed by atoms with Gasteiger partial charge in [0.1, 0.15) is 0 Å². The van der Waals surface area contributed by atoms with Gasteiger partial charge in [0.25, 0.3) is 5.91 Å². The predicted octanol–water partition coefficient (Wildman–Crippen LogP) is 3.94. The molecule has 0 spiro atoms. The summed E-state index contributed by atoms with van der Waals surface area (Å²) in [4.78, 5) is 11.7. The van der Waals surface area contributed by atoms with Crippen LogP contribution in [0.1, 0.15) is 25.8 Å². The van der Waals surface area contributed by atoms with E-state index >= 15 is 0 Å².